The SMILES string of the molecule is CCOC(=O)c1cc2cc(Nc3nccc(-c4ccccc4)n3)ccc2[nH]1. The zero-order chi connectivity index (χ0) is 18.6. The van der Waals surface area contributed by atoms with E-state index in [1.165, 1.54) is 0 Å². The van der Waals surface area contributed by atoms with Crippen LogP contribution in [0.1, 0.15) is 17.4 Å². The second-order valence-electron chi connectivity index (χ2n) is 5.96. The molecule has 0 saturated heterocycles. The molecule has 6 nitrogen and oxygen atoms in total. The molecule has 0 spiro atoms. The molecule has 0 atom stereocenters. The number of carbonyl (C=O) groups excluding carboxylic acids is 1. The van der Waals surface area contributed by atoms with Crippen molar-refractivity contribution in [3.05, 3.63) is 72.6 Å². The van der Waals surface area contributed by atoms with E-state index < -0.39 is 0 Å². The van der Waals surface area contributed by atoms with Crippen molar-refractivity contribution in [2.75, 3.05) is 11.9 Å². The number of H-pyrrole nitrogens is 1. The molecule has 6 heteroatoms. The lowest BCUT2D eigenvalue weighted by Crippen LogP contribution is -2.04. The smallest absolute Gasteiger partial charge is 0.354 e. The summed E-state index contributed by atoms with van der Waals surface area (Å²) in [4.78, 5) is 23.8. The lowest BCUT2D eigenvalue weighted by atomic mass is 10.1. The molecule has 4 aromatic rings. The molecule has 2 N–H and O–H groups in total. The zero-order valence-corrected chi connectivity index (χ0v) is 14.8. The summed E-state index contributed by atoms with van der Waals surface area (Å²) in [7, 11) is 0. The maximum absolute atomic E-state index is 11.9. The first-order chi connectivity index (χ1) is 13.2. The Hall–Kier alpha value is -3.67. The van der Waals surface area contributed by atoms with Gasteiger partial charge in [-0.1, -0.05) is 30.3 Å². The van der Waals surface area contributed by atoms with Crippen molar-refractivity contribution in [3.8, 4) is 11.3 Å². The molecule has 2 aromatic carbocycles. The van der Waals surface area contributed by atoms with Crippen LogP contribution in [0, 0.1) is 0 Å². The molecular formula is C21H18N4O2. The van der Waals surface area contributed by atoms with E-state index in [9.17, 15) is 4.79 Å². The Labute approximate surface area is 156 Å². The fourth-order valence-corrected chi connectivity index (χ4v) is 2.85. The average Bonchev–Trinajstić information content (AvgIpc) is 3.13. The Balaban J connectivity index is 1.59. The quantitative estimate of drug-likeness (QED) is 0.512. The maximum atomic E-state index is 11.9. The van der Waals surface area contributed by atoms with Gasteiger partial charge in [-0.25, -0.2) is 14.8 Å². The summed E-state index contributed by atoms with van der Waals surface area (Å²) in [5.74, 6) is 0.152. The van der Waals surface area contributed by atoms with E-state index in [0.29, 0.717) is 18.2 Å². The summed E-state index contributed by atoms with van der Waals surface area (Å²) in [5, 5.41) is 4.12. The van der Waals surface area contributed by atoms with Crippen LogP contribution in [0.4, 0.5) is 11.6 Å². The average molecular weight is 358 g/mol. The van der Waals surface area contributed by atoms with E-state index in [1.54, 1.807) is 19.2 Å². The van der Waals surface area contributed by atoms with E-state index in [0.717, 1.165) is 27.8 Å². The molecule has 0 bridgehead atoms. The van der Waals surface area contributed by atoms with Gasteiger partial charge in [-0.15, -0.1) is 0 Å². The molecular weight excluding hydrogens is 340 g/mol. The first kappa shape index (κ1) is 16.8. The standard InChI is InChI=1S/C21H18N4O2/c1-2-27-20(26)19-13-15-12-16(8-9-17(15)24-19)23-21-22-11-10-18(25-21)14-6-4-3-5-7-14/h3-13,24H,2H2,1H3,(H,22,23,25). The van der Waals surface area contributed by atoms with Gasteiger partial charge in [0, 0.05) is 28.4 Å². The molecule has 2 aromatic heterocycles. The second kappa shape index (κ2) is 7.29. The summed E-state index contributed by atoms with van der Waals surface area (Å²) in [6.45, 7) is 2.13. The highest BCUT2D eigenvalue weighted by Crippen LogP contribution is 2.23. The fraction of sp³-hybridized carbons (Fsp3) is 0.0952. The number of nitrogens with one attached hydrogen (secondary N) is 2. The lowest BCUT2D eigenvalue weighted by molar-refractivity contribution is 0.0520. The van der Waals surface area contributed by atoms with Gasteiger partial charge in [0.1, 0.15) is 5.69 Å². The number of ether oxygens (including phenoxy) is 1. The van der Waals surface area contributed by atoms with Crippen LogP contribution in [0.5, 0.6) is 0 Å². The third kappa shape index (κ3) is 3.64. The highest BCUT2D eigenvalue weighted by molar-refractivity contribution is 5.95. The van der Waals surface area contributed by atoms with Gasteiger partial charge in [-0.3, -0.25) is 0 Å². The van der Waals surface area contributed by atoms with Crippen molar-refractivity contribution >= 4 is 28.5 Å². The number of carbonyl (C=O) groups is 1. The molecule has 0 aliphatic heterocycles. The number of hydrogen-bond donors (Lipinski definition) is 2. The van der Waals surface area contributed by atoms with Gasteiger partial charge in [-0.2, -0.15) is 0 Å². The van der Waals surface area contributed by atoms with Crippen molar-refractivity contribution in [2.45, 2.75) is 6.92 Å². The van der Waals surface area contributed by atoms with Crippen LogP contribution in [-0.2, 0) is 4.74 Å². The molecule has 2 heterocycles. The van der Waals surface area contributed by atoms with Crippen LogP contribution < -0.4 is 5.32 Å². The van der Waals surface area contributed by atoms with Crippen molar-refractivity contribution in [1.29, 1.82) is 0 Å². The van der Waals surface area contributed by atoms with Crippen LogP contribution in [0.15, 0.2) is 66.9 Å². The lowest BCUT2D eigenvalue weighted by Gasteiger charge is -2.07. The van der Waals surface area contributed by atoms with Crippen LogP contribution in [-0.4, -0.2) is 27.5 Å². The first-order valence-electron chi connectivity index (χ1n) is 8.68. The summed E-state index contributed by atoms with van der Waals surface area (Å²) in [6, 6.07) is 19.4. The predicted octanol–water partition coefficient (Wildman–Crippen LogP) is 4.55. The van der Waals surface area contributed by atoms with Crippen molar-refractivity contribution in [1.82, 2.24) is 15.0 Å². The summed E-state index contributed by atoms with van der Waals surface area (Å²) >= 11 is 0. The minimum absolute atomic E-state index is 0.343. The van der Waals surface area contributed by atoms with Crippen LogP contribution in [0.2, 0.25) is 0 Å². The molecule has 0 radical (unpaired) electrons. The van der Waals surface area contributed by atoms with Crippen molar-refractivity contribution in [2.24, 2.45) is 0 Å². The predicted molar refractivity (Wildman–Crippen MR) is 105 cm³/mol. The van der Waals surface area contributed by atoms with Gasteiger partial charge in [0.15, 0.2) is 0 Å². The first-order valence-corrected chi connectivity index (χ1v) is 8.68. The fourth-order valence-electron chi connectivity index (χ4n) is 2.85. The zero-order valence-electron chi connectivity index (χ0n) is 14.8. The van der Waals surface area contributed by atoms with E-state index in [4.69, 9.17) is 4.74 Å². The highest BCUT2D eigenvalue weighted by Gasteiger charge is 2.11. The molecule has 0 aliphatic carbocycles. The number of anilines is 2. The van der Waals surface area contributed by atoms with Gasteiger partial charge in [-0.05, 0) is 37.3 Å². The molecule has 0 aliphatic rings. The Morgan fingerprint density at radius 3 is 2.78 bits per heavy atom. The number of benzene rings is 2. The molecule has 0 unspecified atom stereocenters. The highest BCUT2D eigenvalue weighted by atomic mass is 16.5. The van der Waals surface area contributed by atoms with E-state index in [-0.39, 0.29) is 5.97 Å². The van der Waals surface area contributed by atoms with Gasteiger partial charge in [0.25, 0.3) is 0 Å². The van der Waals surface area contributed by atoms with Crippen LogP contribution >= 0.6 is 0 Å². The molecule has 0 saturated carbocycles. The number of aromatic amines is 1. The Kier molecular flexibility index (Phi) is 4.53. The maximum Gasteiger partial charge on any atom is 0.354 e. The molecule has 27 heavy (non-hydrogen) atoms. The minimum atomic E-state index is -0.359. The largest absolute Gasteiger partial charge is 0.461 e. The van der Waals surface area contributed by atoms with Crippen LogP contribution in [0.25, 0.3) is 22.2 Å². The summed E-state index contributed by atoms with van der Waals surface area (Å²) in [6.07, 6.45) is 1.73. The number of fused-ring (bicyclic) bond motifs is 1. The number of esters is 1. The third-order valence-electron chi connectivity index (χ3n) is 4.10. The summed E-state index contributed by atoms with van der Waals surface area (Å²) in [5.41, 5.74) is 4.01. The summed E-state index contributed by atoms with van der Waals surface area (Å²) < 4.78 is 5.03. The van der Waals surface area contributed by atoms with Gasteiger partial charge < -0.3 is 15.0 Å². The number of nitrogens with zero attached hydrogens (tertiary/aromatic N) is 2. The molecule has 0 fully saturated rings. The van der Waals surface area contributed by atoms with Gasteiger partial charge >= 0.3 is 5.97 Å². The molecule has 0 amide bonds. The van der Waals surface area contributed by atoms with E-state index in [2.05, 4.69) is 20.3 Å². The number of rotatable bonds is 5. The number of hydrogen-bond acceptors (Lipinski definition) is 5. The Morgan fingerprint density at radius 2 is 1.96 bits per heavy atom. The van der Waals surface area contributed by atoms with Gasteiger partial charge in [0.2, 0.25) is 5.95 Å². The molecule has 134 valence electrons. The topological polar surface area (TPSA) is 79.9 Å². The number of aromatic nitrogens is 3. The van der Waals surface area contributed by atoms with Crippen molar-refractivity contribution < 1.29 is 9.53 Å². The van der Waals surface area contributed by atoms with Gasteiger partial charge in [0.05, 0.1) is 12.3 Å². The Morgan fingerprint density at radius 1 is 1.11 bits per heavy atom. The second-order valence-corrected chi connectivity index (χ2v) is 5.96. The normalized spacial score (nSPS) is 10.7. The molecule has 4 rings (SSSR count). The van der Waals surface area contributed by atoms with E-state index >= 15 is 0 Å². The third-order valence-corrected chi connectivity index (χ3v) is 4.10. The Bertz CT molecular complexity index is 1090. The minimum Gasteiger partial charge on any atom is -0.461 e. The van der Waals surface area contributed by atoms with Crippen molar-refractivity contribution in [3.63, 3.8) is 0 Å². The van der Waals surface area contributed by atoms with Crippen LogP contribution in [0.3, 0.4) is 0 Å². The van der Waals surface area contributed by atoms with E-state index in [1.807, 2.05) is 54.6 Å². The monoisotopic (exact) mass is 358 g/mol.